The van der Waals surface area contributed by atoms with Crippen molar-refractivity contribution in [3.05, 3.63) is 89.5 Å². The van der Waals surface area contributed by atoms with Gasteiger partial charge in [-0.2, -0.15) is 0 Å². The van der Waals surface area contributed by atoms with Gasteiger partial charge in [-0.25, -0.2) is 4.79 Å². The molecule has 1 aliphatic heterocycles. The van der Waals surface area contributed by atoms with Crippen LogP contribution in [0.15, 0.2) is 56.0 Å². The summed E-state index contributed by atoms with van der Waals surface area (Å²) >= 11 is 3.49. The highest BCUT2D eigenvalue weighted by atomic mass is 79.9. The van der Waals surface area contributed by atoms with Gasteiger partial charge in [-0.1, -0.05) is 24.3 Å². The molecular formula is C22H16BrN3O5. The van der Waals surface area contributed by atoms with Crippen molar-refractivity contribution in [3.8, 4) is 11.5 Å². The number of carbonyl (C=O) groups excluding carboxylic acids is 1. The number of nitrogens with one attached hydrogen (secondary N) is 3. The van der Waals surface area contributed by atoms with Crippen molar-refractivity contribution in [1.82, 2.24) is 9.97 Å². The third kappa shape index (κ3) is 2.77. The van der Waals surface area contributed by atoms with Crippen LogP contribution in [0.5, 0.6) is 11.5 Å². The number of Topliss-reactive ketones (excluding diaryl/α,β-unsaturated/α-hetero) is 1. The molecule has 9 heteroatoms. The zero-order chi connectivity index (χ0) is 21.9. The number of aromatic amines is 2. The Balaban J connectivity index is 1.84. The van der Waals surface area contributed by atoms with Gasteiger partial charge in [0.15, 0.2) is 17.3 Å². The summed E-state index contributed by atoms with van der Waals surface area (Å²) in [5.41, 5.74) is 1.95. The molecule has 2 aliphatic rings. The Hall–Kier alpha value is -3.59. The first-order chi connectivity index (χ1) is 14.9. The van der Waals surface area contributed by atoms with E-state index in [2.05, 4.69) is 31.2 Å². The standard InChI is InChI=1S/C22H16BrN3O5/c1-30-13-8-9(7-12(23)19(13)31-2)14-15-17(10-5-3-4-6-11(10)18(15)27)24-20-16(14)21(28)26-22(29)25-20/h3-8,14H,1-2H3,(H3,24,25,26,28,29)/t14-/m1/s1. The van der Waals surface area contributed by atoms with E-state index in [1.807, 2.05) is 12.1 Å². The number of hydrogen-bond acceptors (Lipinski definition) is 6. The van der Waals surface area contributed by atoms with Crippen molar-refractivity contribution in [2.45, 2.75) is 5.92 Å². The quantitative estimate of drug-likeness (QED) is 0.529. The van der Waals surface area contributed by atoms with Crippen molar-refractivity contribution < 1.29 is 14.3 Å². The number of ether oxygens (including phenoxy) is 2. The fourth-order valence-electron chi connectivity index (χ4n) is 4.29. The summed E-state index contributed by atoms with van der Waals surface area (Å²) in [6.45, 7) is 0. The molecule has 1 aromatic heterocycles. The van der Waals surface area contributed by atoms with Crippen LogP contribution in [-0.4, -0.2) is 30.0 Å². The van der Waals surface area contributed by atoms with Crippen molar-refractivity contribution in [2.24, 2.45) is 0 Å². The Morgan fingerprint density at radius 1 is 0.968 bits per heavy atom. The van der Waals surface area contributed by atoms with Crippen LogP contribution in [0.4, 0.5) is 5.82 Å². The number of H-pyrrole nitrogens is 2. The monoisotopic (exact) mass is 481 g/mol. The molecule has 0 amide bonds. The number of rotatable bonds is 3. The van der Waals surface area contributed by atoms with Gasteiger partial charge in [-0.15, -0.1) is 0 Å². The summed E-state index contributed by atoms with van der Waals surface area (Å²) in [5, 5.41) is 3.11. The molecule has 0 saturated carbocycles. The molecule has 156 valence electrons. The van der Waals surface area contributed by atoms with E-state index in [1.54, 1.807) is 24.3 Å². The minimum atomic E-state index is -0.733. The fraction of sp³-hybridized carbons (Fsp3) is 0.136. The third-order valence-electron chi connectivity index (χ3n) is 5.55. The SMILES string of the molecule is COc1cc([C@@H]2C3=C(Nc4[nH]c(=O)[nH]c(=O)c42)c2ccccc2C3=O)cc(Br)c1OC. The van der Waals surface area contributed by atoms with E-state index in [4.69, 9.17) is 9.47 Å². The molecule has 1 atom stereocenters. The Morgan fingerprint density at radius 2 is 1.71 bits per heavy atom. The molecule has 0 unspecified atom stereocenters. The molecule has 1 aliphatic carbocycles. The number of carbonyl (C=O) groups is 1. The average molecular weight is 482 g/mol. The van der Waals surface area contributed by atoms with Gasteiger partial charge in [0.25, 0.3) is 5.56 Å². The van der Waals surface area contributed by atoms with Crippen LogP contribution in [-0.2, 0) is 0 Å². The van der Waals surface area contributed by atoms with Gasteiger partial charge in [0, 0.05) is 22.6 Å². The number of methoxy groups -OCH3 is 2. The number of anilines is 1. The smallest absolute Gasteiger partial charge is 0.327 e. The van der Waals surface area contributed by atoms with Gasteiger partial charge in [0.1, 0.15) is 5.82 Å². The van der Waals surface area contributed by atoms with Gasteiger partial charge in [0.2, 0.25) is 0 Å². The summed E-state index contributed by atoms with van der Waals surface area (Å²) in [5.74, 6) is 0.282. The van der Waals surface area contributed by atoms with Gasteiger partial charge in [-0.05, 0) is 33.6 Å². The number of halogens is 1. The second-order valence-electron chi connectivity index (χ2n) is 7.16. The van der Waals surface area contributed by atoms with Gasteiger partial charge in [-0.3, -0.25) is 19.6 Å². The largest absolute Gasteiger partial charge is 0.493 e. The minimum absolute atomic E-state index is 0.176. The van der Waals surface area contributed by atoms with Crippen LogP contribution in [0.1, 0.15) is 33.0 Å². The molecule has 0 spiro atoms. The van der Waals surface area contributed by atoms with E-state index >= 15 is 0 Å². The van der Waals surface area contributed by atoms with E-state index < -0.39 is 17.2 Å². The average Bonchev–Trinajstić information content (AvgIpc) is 3.03. The number of benzene rings is 2. The first kappa shape index (κ1) is 19.4. The number of allylic oxidation sites excluding steroid dienone is 1. The maximum Gasteiger partial charge on any atom is 0.327 e. The lowest BCUT2D eigenvalue weighted by atomic mass is 9.81. The normalized spacial score (nSPS) is 16.4. The minimum Gasteiger partial charge on any atom is -0.493 e. The molecule has 0 fully saturated rings. The fourth-order valence-corrected chi connectivity index (χ4v) is 4.91. The molecule has 5 rings (SSSR count). The number of fused-ring (bicyclic) bond motifs is 3. The van der Waals surface area contributed by atoms with E-state index in [0.29, 0.717) is 38.4 Å². The van der Waals surface area contributed by atoms with Gasteiger partial charge in [0.05, 0.1) is 30.0 Å². The first-order valence-corrected chi connectivity index (χ1v) is 10.2. The summed E-state index contributed by atoms with van der Waals surface area (Å²) in [7, 11) is 3.03. The molecular weight excluding hydrogens is 466 g/mol. The van der Waals surface area contributed by atoms with Gasteiger partial charge >= 0.3 is 5.69 Å². The summed E-state index contributed by atoms with van der Waals surface area (Å²) in [6, 6.07) is 10.7. The predicted octanol–water partition coefficient (Wildman–Crippen LogP) is 3.01. The molecule has 31 heavy (non-hydrogen) atoms. The molecule has 0 saturated heterocycles. The number of ketones is 1. The highest BCUT2D eigenvalue weighted by Gasteiger charge is 2.42. The second-order valence-corrected chi connectivity index (χ2v) is 8.01. The molecule has 0 bridgehead atoms. The van der Waals surface area contributed by atoms with E-state index in [0.717, 1.165) is 5.56 Å². The van der Waals surface area contributed by atoms with Crippen molar-refractivity contribution >= 4 is 33.2 Å². The Kier molecular flexibility index (Phi) is 4.37. The topological polar surface area (TPSA) is 113 Å². The number of aromatic nitrogens is 2. The molecule has 2 aromatic carbocycles. The zero-order valence-electron chi connectivity index (χ0n) is 16.5. The van der Waals surface area contributed by atoms with Crippen LogP contribution in [0.25, 0.3) is 5.70 Å². The van der Waals surface area contributed by atoms with Crippen molar-refractivity contribution in [1.29, 1.82) is 0 Å². The molecule has 2 heterocycles. The van der Waals surface area contributed by atoms with Crippen LogP contribution in [0.3, 0.4) is 0 Å². The summed E-state index contributed by atoms with van der Waals surface area (Å²) < 4.78 is 11.5. The lowest BCUT2D eigenvalue weighted by Gasteiger charge is -2.28. The Labute approximate surface area is 184 Å². The van der Waals surface area contributed by atoms with Crippen LogP contribution < -0.4 is 26.0 Å². The molecule has 3 aromatic rings. The van der Waals surface area contributed by atoms with Crippen molar-refractivity contribution in [3.63, 3.8) is 0 Å². The summed E-state index contributed by atoms with van der Waals surface area (Å²) in [4.78, 5) is 43.2. The maximum atomic E-state index is 13.4. The third-order valence-corrected chi connectivity index (χ3v) is 6.14. The predicted molar refractivity (Wildman–Crippen MR) is 118 cm³/mol. The highest BCUT2D eigenvalue weighted by Crippen LogP contribution is 2.49. The molecule has 0 radical (unpaired) electrons. The number of hydrogen-bond donors (Lipinski definition) is 3. The Bertz CT molecular complexity index is 1420. The molecule has 3 N–H and O–H groups in total. The maximum absolute atomic E-state index is 13.4. The highest BCUT2D eigenvalue weighted by molar-refractivity contribution is 9.10. The van der Waals surface area contributed by atoms with Crippen molar-refractivity contribution in [2.75, 3.05) is 19.5 Å². The first-order valence-electron chi connectivity index (χ1n) is 9.37. The van der Waals surface area contributed by atoms with Crippen LogP contribution in [0.2, 0.25) is 0 Å². The summed E-state index contributed by atoms with van der Waals surface area (Å²) in [6.07, 6.45) is 0. The van der Waals surface area contributed by atoms with Gasteiger partial charge < -0.3 is 14.8 Å². The molecule has 8 nitrogen and oxygen atoms in total. The lowest BCUT2D eigenvalue weighted by Crippen LogP contribution is -2.33. The lowest BCUT2D eigenvalue weighted by molar-refractivity contribution is 0.103. The van der Waals surface area contributed by atoms with Crippen LogP contribution >= 0.6 is 15.9 Å². The van der Waals surface area contributed by atoms with Crippen LogP contribution in [0, 0.1) is 0 Å². The second kappa shape index (κ2) is 6.98. The Morgan fingerprint density at radius 3 is 2.42 bits per heavy atom. The van der Waals surface area contributed by atoms with E-state index in [-0.39, 0.29) is 17.2 Å². The zero-order valence-corrected chi connectivity index (χ0v) is 18.0. The van der Waals surface area contributed by atoms with E-state index in [9.17, 15) is 14.4 Å². The van der Waals surface area contributed by atoms with E-state index in [1.165, 1.54) is 14.2 Å².